The van der Waals surface area contributed by atoms with E-state index in [-0.39, 0.29) is 5.91 Å². The third-order valence-corrected chi connectivity index (χ3v) is 3.29. The molecule has 0 radical (unpaired) electrons. The minimum absolute atomic E-state index is 0.148. The molecule has 1 aliphatic rings. The van der Waals surface area contributed by atoms with Crippen LogP contribution in [0.5, 0.6) is 0 Å². The van der Waals surface area contributed by atoms with E-state index in [0.717, 1.165) is 0 Å². The van der Waals surface area contributed by atoms with Gasteiger partial charge in [0.15, 0.2) is 0 Å². The second-order valence-electron chi connectivity index (χ2n) is 5.32. The molecule has 0 aromatic carbocycles. The summed E-state index contributed by atoms with van der Waals surface area (Å²) in [7, 11) is 0. The number of hydrogen-bond donors (Lipinski definition) is 1. The van der Waals surface area contributed by atoms with Crippen LogP contribution >= 0.6 is 34.8 Å². The molecule has 1 fully saturated rings. The average Bonchev–Trinajstić information content (AvgIpc) is 2.23. The van der Waals surface area contributed by atoms with Gasteiger partial charge >= 0.3 is 0 Å². The highest BCUT2D eigenvalue weighted by molar-refractivity contribution is 6.68. The zero-order chi connectivity index (χ0) is 14.0. The van der Waals surface area contributed by atoms with Crippen molar-refractivity contribution in [2.75, 3.05) is 26.3 Å². The predicted molar refractivity (Wildman–Crippen MR) is 74.1 cm³/mol. The van der Waals surface area contributed by atoms with Crippen molar-refractivity contribution in [3.05, 3.63) is 0 Å². The van der Waals surface area contributed by atoms with Gasteiger partial charge in [-0.05, 0) is 0 Å². The van der Waals surface area contributed by atoms with Crippen LogP contribution < -0.4 is 5.32 Å². The van der Waals surface area contributed by atoms with Crippen molar-refractivity contribution in [3.63, 3.8) is 0 Å². The molecule has 1 aliphatic heterocycles. The maximum atomic E-state index is 12.0. The van der Waals surface area contributed by atoms with Gasteiger partial charge in [-0.25, -0.2) is 0 Å². The summed E-state index contributed by atoms with van der Waals surface area (Å²) in [6, 6.07) is 0. The number of morpholine rings is 1. The topological polar surface area (TPSA) is 41.6 Å². The molecular formula is C11H19Cl3N2O2. The highest BCUT2D eigenvalue weighted by atomic mass is 35.6. The Morgan fingerprint density at radius 3 is 2.11 bits per heavy atom. The summed E-state index contributed by atoms with van der Waals surface area (Å²) in [5, 5.41) is 2.80. The molecule has 1 rings (SSSR count). The van der Waals surface area contributed by atoms with E-state index in [1.807, 2.05) is 25.7 Å². The highest BCUT2D eigenvalue weighted by Gasteiger charge is 2.40. The highest BCUT2D eigenvalue weighted by Crippen LogP contribution is 2.33. The minimum Gasteiger partial charge on any atom is -0.379 e. The minimum atomic E-state index is -1.57. The van der Waals surface area contributed by atoms with Crippen LogP contribution in [0.1, 0.15) is 20.8 Å². The van der Waals surface area contributed by atoms with E-state index in [2.05, 4.69) is 5.32 Å². The van der Waals surface area contributed by atoms with Crippen LogP contribution in [0, 0.1) is 5.41 Å². The van der Waals surface area contributed by atoms with Gasteiger partial charge in [-0.15, -0.1) is 0 Å². The zero-order valence-electron chi connectivity index (χ0n) is 10.8. The monoisotopic (exact) mass is 316 g/mol. The molecular weight excluding hydrogens is 298 g/mol. The molecule has 7 heteroatoms. The van der Waals surface area contributed by atoms with Crippen LogP contribution in [0.25, 0.3) is 0 Å². The van der Waals surface area contributed by atoms with E-state index >= 15 is 0 Å². The third-order valence-electron chi connectivity index (χ3n) is 2.67. The fraction of sp³-hybridized carbons (Fsp3) is 0.909. The van der Waals surface area contributed by atoms with Gasteiger partial charge < -0.3 is 10.1 Å². The van der Waals surface area contributed by atoms with Crippen LogP contribution in [0.4, 0.5) is 0 Å². The first kappa shape index (κ1) is 16.3. The van der Waals surface area contributed by atoms with Gasteiger partial charge in [-0.1, -0.05) is 55.6 Å². The average molecular weight is 318 g/mol. The number of rotatable bonds is 2. The lowest BCUT2D eigenvalue weighted by atomic mass is 9.95. The Labute approximate surface area is 123 Å². The normalized spacial score (nSPS) is 20.6. The van der Waals surface area contributed by atoms with E-state index in [4.69, 9.17) is 39.5 Å². The molecule has 0 saturated carbocycles. The van der Waals surface area contributed by atoms with Gasteiger partial charge in [0.1, 0.15) is 6.17 Å². The van der Waals surface area contributed by atoms with Crippen molar-refractivity contribution in [1.29, 1.82) is 0 Å². The van der Waals surface area contributed by atoms with Crippen LogP contribution in [0.15, 0.2) is 0 Å². The number of nitrogens with zero attached hydrogens (tertiary/aromatic N) is 1. The number of alkyl halides is 3. The Kier molecular flexibility index (Phi) is 5.57. The second kappa shape index (κ2) is 6.14. The molecule has 0 unspecified atom stereocenters. The van der Waals surface area contributed by atoms with E-state index < -0.39 is 15.4 Å². The molecule has 106 valence electrons. The standard InChI is InChI=1S/C11H19Cl3N2O2/c1-10(2,3)9(17)15-8(11(12,13)14)16-4-6-18-7-5-16/h8H,4-7H2,1-3H3,(H,15,17)/t8-/m1/s1. The molecule has 0 aromatic rings. The molecule has 18 heavy (non-hydrogen) atoms. The zero-order valence-corrected chi connectivity index (χ0v) is 13.1. The Morgan fingerprint density at radius 2 is 1.72 bits per heavy atom. The van der Waals surface area contributed by atoms with Gasteiger partial charge in [0.2, 0.25) is 9.70 Å². The quantitative estimate of drug-likeness (QED) is 0.794. The summed E-state index contributed by atoms with van der Waals surface area (Å²) in [5.41, 5.74) is -0.527. The summed E-state index contributed by atoms with van der Waals surface area (Å²) in [6.45, 7) is 7.85. The van der Waals surface area contributed by atoms with Crippen LogP contribution in [0.2, 0.25) is 0 Å². The Balaban J connectivity index is 2.76. The molecule has 4 nitrogen and oxygen atoms in total. The summed E-state index contributed by atoms with van der Waals surface area (Å²) in [4.78, 5) is 13.9. The number of amides is 1. The fourth-order valence-electron chi connectivity index (χ4n) is 1.56. The lowest BCUT2D eigenvalue weighted by Crippen LogP contribution is -2.59. The lowest BCUT2D eigenvalue weighted by Gasteiger charge is -2.39. The Bertz CT molecular complexity index is 294. The Hall–Kier alpha value is 0.260. The fourth-order valence-corrected chi connectivity index (χ4v) is 2.13. The van der Waals surface area contributed by atoms with Crippen LogP contribution in [-0.4, -0.2) is 47.1 Å². The third kappa shape index (κ3) is 4.74. The maximum Gasteiger partial charge on any atom is 0.226 e. The van der Waals surface area contributed by atoms with E-state index in [1.54, 1.807) is 0 Å². The molecule has 0 spiro atoms. The molecule has 1 N–H and O–H groups in total. The van der Waals surface area contributed by atoms with Gasteiger partial charge in [0.25, 0.3) is 0 Å². The van der Waals surface area contributed by atoms with Crippen molar-refractivity contribution in [2.45, 2.75) is 30.7 Å². The largest absolute Gasteiger partial charge is 0.379 e. The summed E-state index contributed by atoms with van der Waals surface area (Å²) < 4.78 is 3.68. The van der Waals surface area contributed by atoms with Crippen molar-refractivity contribution < 1.29 is 9.53 Å². The van der Waals surface area contributed by atoms with Crippen molar-refractivity contribution in [1.82, 2.24) is 10.2 Å². The Morgan fingerprint density at radius 1 is 1.22 bits per heavy atom. The first-order valence-corrected chi connectivity index (χ1v) is 6.95. The van der Waals surface area contributed by atoms with Gasteiger partial charge in [-0.3, -0.25) is 9.69 Å². The van der Waals surface area contributed by atoms with E-state index in [1.165, 1.54) is 0 Å². The molecule has 0 aliphatic carbocycles. The summed E-state index contributed by atoms with van der Waals surface area (Å²) in [5.74, 6) is -0.148. The predicted octanol–water partition coefficient (Wildman–Crippen LogP) is 2.18. The summed E-state index contributed by atoms with van der Waals surface area (Å²) >= 11 is 17.9. The van der Waals surface area contributed by atoms with Crippen LogP contribution in [0.3, 0.4) is 0 Å². The summed E-state index contributed by atoms with van der Waals surface area (Å²) in [6.07, 6.45) is -0.641. The van der Waals surface area contributed by atoms with E-state index in [9.17, 15) is 4.79 Å². The van der Waals surface area contributed by atoms with Gasteiger partial charge in [0.05, 0.1) is 13.2 Å². The van der Waals surface area contributed by atoms with Crippen molar-refractivity contribution >= 4 is 40.7 Å². The van der Waals surface area contributed by atoms with Crippen molar-refractivity contribution in [3.8, 4) is 0 Å². The number of hydrogen-bond acceptors (Lipinski definition) is 3. The number of nitrogens with one attached hydrogen (secondary N) is 1. The van der Waals surface area contributed by atoms with Gasteiger partial charge in [0, 0.05) is 18.5 Å². The molecule has 1 amide bonds. The first-order chi connectivity index (χ1) is 8.12. The van der Waals surface area contributed by atoms with Crippen molar-refractivity contribution in [2.24, 2.45) is 5.41 Å². The van der Waals surface area contributed by atoms with E-state index in [0.29, 0.717) is 26.3 Å². The van der Waals surface area contributed by atoms with Gasteiger partial charge in [-0.2, -0.15) is 0 Å². The number of carbonyl (C=O) groups excluding carboxylic acids is 1. The van der Waals surface area contributed by atoms with Crippen LogP contribution in [-0.2, 0) is 9.53 Å². The number of halogens is 3. The molecule has 1 atom stereocenters. The number of ether oxygens (including phenoxy) is 1. The smallest absolute Gasteiger partial charge is 0.226 e. The SMILES string of the molecule is CC(C)(C)C(=O)N[C@H](N1CCOCC1)C(Cl)(Cl)Cl. The molecule has 1 heterocycles. The molecule has 0 aromatic heterocycles. The second-order valence-corrected chi connectivity index (χ2v) is 7.68. The molecule has 0 bridgehead atoms. The maximum absolute atomic E-state index is 12.0. The first-order valence-electron chi connectivity index (χ1n) is 5.82. The molecule has 1 saturated heterocycles. The lowest BCUT2D eigenvalue weighted by molar-refractivity contribution is -0.131. The number of carbonyl (C=O) groups is 1.